The maximum Gasteiger partial charge on any atom is 0.410 e. The average molecular weight is 655 g/mol. The highest BCUT2D eigenvalue weighted by atomic mass is 16.7. The Morgan fingerprint density at radius 2 is 1.65 bits per heavy atom. The first-order valence-electron chi connectivity index (χ1n) is 16.1. The Kier molecular flexibility index (Phi) is 10.0. The molecule has 3 aromatic rings. The Bertz CT molecular complexity index is 1710. The van der Waals surface area contributed by atoms with Crippen LogP contribution in [0.25, 0.3) is 10.8 Å². The normalized spacial score (nSPS) is 23.9. The van der Waals surface area contributed by atoms with E-state index in [9.17, 15) is 24.0 Å². The van der Waals surface area contributed by atoms with Gasteiger partial charge in [0.25, 0.3) is 5.91 Å². The lowest BCUT2D eigenvalue weighted by Gasteiger charge is -2.47. The van der Waals surface area contributed by atoms with Gasteiger partial charge in [-0.15, -0.1) is 0 Å². The van der Waals surface area contributed by atoms with E-state index in [0.717, 1.165) is 16.3 Å². The number of cyclic esters (lactones) is 1. The summed E-state index contributed by atoms with van der Waals surface area (Å²) in [6.07, 6.45) is 2.61. The van der Waals surface area contributed by atoms with Crippen molar-refractivity contribution in [1.29, 1.82) is 0 Å². The van der Waals surface area contributed by atoms with E-state index in [4.69, 9.17) is 14.2 Å². The zero-order valence-electron chi connectivity index (χ0n) is 26.6. The van der Waals surface area contributed by atoms with Crippen LogP contribution in [0.3, 0.4) is 0 Å². The molecule has 0 saturated carbocycles. The lowest BCUT2D eigenvalue weighted by atomic mass is 9.96. The quantitative estimate of drug-likeness (QED) is 0.278. The highest BCUT2D eigenvalue weighted by Crippen LogP contribution is 2.26. The van der Waals surface area contributed by atoms with Crippen molar-refractivity contribution in [2.75, 3.05) is 19.7 Å². The van der Waals surface area contributed by atoms with Crippen LogP contribution in [0.1, 0.15) is 42.1 Å². The molecule has 0 spiro atoms. The van der Waals surface area contributed by atoms with E-state index in [-0.39, 0.29) is 39.1 Å². The maximum absolute atomic E-state index is 14.4. The molecule has 2 N–H and O–H groups in total. The summed E-state index contributed by atoms with van der Waals surface area (Å²) in [4.78, 5) is 70.4. The number of rotatable bonds is 8. The van der Waals surface area contributed by atoms with Crippen molar-refractivity contribution in [3.8, 4) is 0 Å². The third-order valence-electron chi connectivity index (χ3n) is 8.78. The average Bonchev–Trinajstić information content (AvgIpc) is 3.44. The van der Waals surface area contributed by atoms with Crippen molar-refractivity contribution < 1.29 is 38.2 Å². The fourth-order valence-corrected chi connectivity index (χ4v) is 6.45. The van der Waals surface area contributed by atoms with Crippen LogP contribution >= 0.6 is 0 Å². The van der Waals surface area contributed by atoms with E-state index in [1.165, 1.54) is 9.80 Å². The maximum atomic E-state index is 14.4. The molecule has 3 heterocycles. The summed E-state index contributed by atoms with van der Waals surface area (Å²) < 4.78 is 16.4. The monoisotopic (exact) mass is 654 g/mol. The number of benzene rings is 3. The lowest BCUT2D eigenvalue weighted by Crippen LogP contribution is -2.68. The summed E-state index contributed by atoms with van der Waals surface area (Å²) in [5.74, 6) is -1.96. The number of nitrogens with one attached hydrogen (secondary N) is 2. The van der Waals surface area contributed by atoms with Crippen molar-refractivity contribution in [2.24, 2.45) is 0 Å². The van der Waals surface area contributed by atoms with Gasteiger partial charge < -0.3 is 34.6 Å². The SMILES string of the molecule is CCOC1OC(=O)CC1NC(=O)[C@@H]1CN(C(=O)OCc2ccccc2)C[C@@H]2CC=CC[C@H](NC(=O)c3cccc4ccccc34)C(=O)N21. The van der Waals surface area contributed by atoms with Crippen molar-refractivity contribution in [2.45, 2.75) is 63.3 Å². The second kappa shape index (κ2) is 14.7. The van der Waals surface area contributed by atoms with E-state index >= 15 is 0 Å². The minimum atomic E-state index is -1.15. The Balaban J connectivity index is 1.26. The van der Waals surface area contributed by atoms with E-state index in [1.807, 2.05) is 72.8 Å². The largest absolute Gasteiger partial charge is 0.445 e. The molecule has 250 valence electrons. The second-order valence-corrected chi connectivity index (χ2v) is 12.0. The smallest absolute Gasteiger partial charge is 0.410 e. The molecule has 3 aromatic carbocycles. The van der Waals surface area contributed by atoms with E-state index in [2.05, 4.69) is 10.6 Å². The van der Waals surface area contributed by atoms with Crippen molar-refractivity contribution in [1.82, 2.24) is 20.4 Å². The van der Waals surface area contributed by atoms with Gasteiger partial charge in [-0.25, -0.2) is 4.79 Å². The molecular weight excluding hydrogens is 616 g/mol. The molecule has 48 heavy (non-hydrogen) atoms. The highest BCUT2D eigenvalue weighted by Gasteiger charge is 2.47. The van der Waals surface area contributed by atoms with E-state index in [0.29, 0.717) is 12.0 Å². The van der Waals surface area contributed by atoms with Gasteiger partial charge in [-0.1, -0.05) is 78.9 Å². The van der Waals surface area contributed by atoms with E-state index < -0.39 is 60.2 Å². The van der Waals surface area contributed by atoms with Crippen LogP contribution in [0.5, 0.6) is 0 Å². The van der Waals surface area contributed by atoms with Gasteiger partial charge in [0.1, 0.15) is 24.7 Å². The molecule has 2 saturated heterocycles. The van der Waals surface area contributed by atoms with Crippen LogP contribution in [0, 0.1) is 0 Å². The number of piperazine rings is 1. The van der Waals surface area contributed by atoms with Crippen LogP contribution < -0.4 is 10.6 Å². The molecule has 3 aliphatic heterocycles. The number of hydrogen-bond donors (Lipinski definition) is 2. The minimum absolute atomic E-state index is 0.0418. The Morgan fingerprint density at radius 1 is 0.896 bits per heavy atom. The van der Waals surface area contributed by atoms with E-state index in [1.54, 1.807) is 19.1 Å². The molecular formula is C36H38N4O8. The molecule has 3 aliphatic rings. The van der Waals surface area contributed by atoms with Gasteiger partial charge in [-0.2, -0.15) is 0 Å². The predicted octanol–water partition coefficient (Wildman–Crippen LogP) is 3.30. The zero-order valence-corrected chi connectivity index (χ0v) is 26.6. The van der Waals surface area contributed by atoms with Gasteiger partial charge in [0.2, 0.25) is 18.1 Å². The van der Waals surface area contributed by atoms with Crippen LogP contribution in [0.15, 0.2) is 84.9 Å². The number of ether oxygens (including phenoxy) is 3. The summed E-state index contributed by atoms with van der Waals surface area (Å²) in [5.41, 5.74) is 1.23. The Hall–Kier alpha value is -5.23. The first kappa shape index (κ1) is 32.7. The molecule has 0 radical (unpaired) electrons. The van der Waals surface area contributed by atoms with Gasteiger partial charge in [0.05, 0.1) is 19.0 Å². The van der Waals surface area contributed by atoms with Crippen LogP contribution in [-0.4, -0.2) is 89.7 Å². The molecule has 12 nitrogen and oxygen atoms in total. The number of hydrogen-bond acceptors (Lipinski definition) is 8. The van der Waals surface area contributed by atoms with Gasteiger partial charge in [-0.3, -0.25) is 19.2 Å². The van der Waals surface area contributed by atoms with Gasteiger partial charge in [0.15, 0.2) is 0 Å². The molecule has 4 amide bonds. The number of esters is 1. The van der Waals surface area contributed by atoms with Gasteiger partial charge >= 0.3 is 12.1 Å². The third-order valence-corrected chi connectivity index (χ3v) is 8.78. The van der Waals surface area contributed by atoms with Crippen LogP contribution in [0.4, 0.5) is 4.79 Å². The summed E-state index contributed by atoms with van der Waals surface area (Å²) >= 11 is 0. The first-order chi connectivity index (χ1) is 23.3. The summed E-state index contributed by atoms with van der Waals surface area (Å²) in [6, 6.07) is 18.6. The molecule has 12 heteroatoms. The van der Waals surface area contributed by atoms with Crippen LogP contribution in [0.2, 0.25) is 0 Å². The molecule has 5 atom stereocenters. The molecule has 2 fully saturated rings. The number of nitrogens with zero attached hydrogens (tertiary/aromatic N) is 2. The fraction of sp³-hybridized carbons (Fsp3) is 0.361. The fourth-order valence-electron chi connectivity index (χ4n) is 6.45. The topological polar surface area (TPSA) is 144 Å². The van der Waals surface area contributed by atoms with Crippen LogP contribution in [-0.2, 0) is 35.2 Å². The highest BCUT2D eigenvalue weighted by molar-refractivity contribution is 6.08. The number of fused-ring (bicyclic) bond motifs is 2. The molecule has 2 unspecified atom stereocenters. The Morgan fingerprint density at radius 3 is 2.46 bits per heavy atom. The predicted molar refractivity (Wildman–Crippen MR) is 174 cm³/mol. The van der Waals surface area contributed by atoms with Crippen molar-refractivity contribution >= 4 is 40.6 Å². The van der Waals surface area contributed by atoms with Gasteiger partial charge in [0, 0.05) is 18.7 Å². The second-order valence-electron chi connectivity index (χ2n) is 12.0. The molecule has 0 aliphatic carbocycles. The Labute approximate surface area is 278 Å². The first-order valence-corrected chi connectivity index (χ1v) is 16.1. The number of carbonyl (C=O) groups is 5. The van der Waals surface area contributed by atoms with Gasteiger partial charge in [-0.05, 0) is 42.2 Å². The number of amides is 4. The summed E-state index contributed by atoms with van der Waals surface area (Å²) in [7, 11) is 0. The summed E-state index contributed by atoms with van der Waals surface area (Å²) in [6.45, 7) is 2.00. The summed E-state index contributed by atoms with van der Waals surface area (Å²) in [5, 5.41) is 7.39. The molecule has 6 rings (SSSR count). The van der Waals surface area contributed by atoms with Crippen molar-refractivity contribution in [3.05, 3.63) is 96.1 Å². The number of carbonyl (C=O) groups excluding carboxylic acids is 5. The lowest BCUT2D eigenvalue weighted by molar-refractivity contribution is -0.165. The van der Waals surface area contributed by atoms with Crippen molar-refractivity contribution in [3.63, 3.8) is 0 Å². The standard InChI is InChI=1S/C36H38N4O8/c1-2-46-35-29(19-31(41)48-35)38-33(43)30-21-39(36(45)47-22-23-11-4-3-5-12-23)20-25-15-7-9-18-28(34(44)40(25)30)37-32(42)27-17-10-14-24-13-6-8-16-26(24)27/h3-14,16-17,25,28-30,35H,2,15,18-22H2,1H3,(H,37,42)(H,38,43)/t25-,28-,29?,30-,35?/m0/s1. The third kappa shape index (κ3) is 7.18. The zero-order chi connectivity index (χ0) is 33.6. The molecule has 0 bridgehead atoms. The minimum Gasteiger partial charge on any atom is -0.445 e. The molecule has 0 aromatic heterocycles.